The highest BCUT2D eigenvalue weighted by molar-refractivity contribution is 5.67. The summed E-state index contributed by atoms with van der Waals surface area (Å²) < 4.78 is 0. The second-order valence-electron chi connectivity index (χ2n) is 10.7. The molecule has 0 amide bonds. The lowest BCUT2D eigenvalue weighted by Crippen LogP contribution is -2.41. The van der Waals surface area contributed by atoms with Crippen LogP contribution in [0.15, 0.2) is 23.3 Å². The number of hydrogen-bond donors (Lipinski definition) is 1. The number of nitrogens with zero attached hydrogens (tertiary/aromatic N) is 1. The number of rotatable bonds is 10. The molecular formula is C27H43NO2. The minimum absolute atomic E-state index is 0.189. The first kappa shape index (κ1) is 24.7. The van der Waals surface area contributed by atoms with Crippen LogP contribution in [-0.2, 0) is 4.79 Å². The second-order valence-corrected chi connectivity index (χ2v) is 10.7. The van der Waals surface area contributed by atoms with Crippen LogP contribution in [0, 0.1) is 46.3 Å². The normalized spacial score (nSPS) is 31.6. The van der Waals surface area contributed by atoms with Gasteiger partial charge in [-0.2, -0.15) is 5.26 Å². The quantitative estimate of drug-likeness (QED) is 0.297. The van der Waals surface area contributed by atoms with Crippen LogP contribution in [0.5, 0.6) is 0 Å². The summed E-state index contributed by atoms with van der Waals surface area (Å²) in [7, 11) is 0. The van der Waals surface area contributed by atoms with Crippen LogP contribution in [0.25, 0.3) is 0 Å². The van der Waals surface area contributed by atoms with Crippen LogP contribution >= 0.6 is 0 Å². The van der Waals surface area contributed by atoms with Gasteiger partial charge in [0.05, 0.1) is 12.5 Å². The lowest BCUT2D eigenvalue weighted by atomic mass is 9.56. The van der Waals surface area contributed by atoms with Crippen molar-refractivity contribution < 1.29 is 9.90 Å². The van der Waals surface area contributed by atoms with Crippen molar-refractivity contribution in [2.75, 3.05) is 0 Å². The van der Waals surface area contributed by atoms with Crippen LogP contribution < -0.4 is 0 Å². The molecule has 0 heterocycles. The van der Waals surface area contributed by atoms with E-state index in [1.54, 1.807) is 6.08 Å². The molecule has 30 heavy (non-hydrogen) atoms. The van der Waals surface area contributed by atoms with E-state index >= 15 is 0 Å². The molecule has 168 valence electrons. The number of hydrogen-bond acceptors (Lipinski definition) is 2. The topological polar surface area (TPSA) is 61.1 Å². The third-order valence-electron chi connectivity index (χ3n) is 8.30. The van der Waals surface area contributed by atoms with Gasteiger partial charge in [-0.15, -0.1) is 0 Å². The molecule has 0 bridgehead atoms. The minimum atomic E-state index is -0.660. The Morgan fingerprint density at radius 2 is 2.03 bits per heavy atom. The Morgan fingerprint density at radius 3 is 2.67 bits per heavy atom. The van der Waals surface area contributed by atoms with E-state index in [4.69, 9.17) is 5.26 Å². The molecule has 0 radical (unpaired) electrons. The summed E-state index contributed by atoms with van der Waals surface area (Å²) in [5.74, 6) is 2.26. The van der Waals surface area contributed by atoms with Crippen molar-refractivity contribution in [1.82, 2.24) is 0 Å². The van der Waals surface area contributed by atoms with Gasteiger partial charge in [-0.05, 0) is 80.5 Å². The summed E-state index contributed by atoms with van der Waals surface area (Å²) in [6, 6.07) is 2.05. The van der Waals surface area contributed by atoms with E-state index in [1.807, 2.05) is 6.08 Å². The van der Waals surface area contributed by atoms with E-state index in [0.29, 0.717) is 5.92 Å². The second kappa shape index (κ2) is 11.2. The molecule has 3 heteroatoms. The van der Waals surface area contributed by atoms with Crippen molar-refractivity contribution in [3.8, 4) is 6.07 Å². The molecule has 2 aliphatic rings. The Morgan fingerprint density at radius 1 is 1.30 bits per heavy atom. The smallest absolute Gasteiger partial charge is 0.303 e. The maximum Gasteiger partial charge on any atom is 0.303 e. The molecule has 0 saturated heterocycles. The van der Waals surface area contributed by atoms with Gasteiger partial charge >= 0.3 is 5.97 Å². The molecule has 2 fully saturated rings. The first-order valence-electron chi connectivity index (χ1n) is 12.2. The Bertz CT molecular complexity index is 683. The molecule has 2 aliphatic carbocycles. The molecule has 5 atom stereocenters. The van der Waals surface area contributed by atoms with Crippen LogP contribution in [0.3, 0.4) is 0 Å². The van der Waals surface area contributed by atoms with Crippen LogP contribution in [0.4, 0.5) is 0 Å². The van der Waals surface area contributed by atoms with Crippen LogP contribution in [-0.4, -0.2) is 11.1 Å². The fourth-order valence-electron chi connectivity index (χ4n) is 6.72. The Labute approximate surface area is 184 Å². The Balaban J connectivity index is 2.18. The maximum absolute atomic E-state index is 11.8. The van der Waals surface area contributed by atoms with Gasteiger partial charge in [0.15, 0.2) is 0 Å². The summed E-state index contributed by atoms with van der Waals surface area (Å²) in [4.78, 5) is 11.8. The molecule has 0 aromatic carbocycles. The zero-order valence-electron chi connectivity index (χ0n) is 19.9. The number of aliphatic carboxylic acids is 1. The van der Waals surface area contributed by atoms with Crippen molar-refractivity contribution in [3.63, 3.8) is 0 Å². The Kier molecular flexibility index (Phi) is 9.20. The number of fused-ring (bicyclic) bond motifs is 1. The highest BCUT2D eigenvalue weighted by atomic mass is 16.4. The molecule has 0 aromatic heterocycles. The van der Waals surface area contributed by atoms with Crippen LogP contribution in [0.1, 0.15) is 98.8 Å². The highest BCUT2D eigenvalue weighted by Crippen LogP contribution is 2.62. The van der Waals surface area contributed by atoms with Gasteiger partial charge in [0.25, 0.3) is 0 Å². The van der Waals surface area contributed by atoms with E-state index in [1.165, 1.54) is 49.7 Å². The van der Waals surface area contributed by atoms with Gasteiger partial charge in [0, 0.05) is 6.08 Å². The average molecular weight is 414 g/mol. The lowest BCUT2D eigenvalue weighted by molar-refractivity contribution is -0.138. The highest BCUT2D eigenvalue weighted by Gasteiger charge is 2.53. The van der Waals surface area contributed by atoms with Gasteiger partial charge in [0.1, 0.15) is 0 Å². The average Bonchev–Trinajstić information content (AvgIpc) is 3.02. The molecule has 1 N–H and O–H groups in total. The van der Waals surface area contributed by atoms with E-state index in [0.717, 1.165) is 37.0 Å². The molecule has 2 saturated carbocycles. The molecule has 3 unspecified atom stereocenters. The zero-order chi connectivity index (χ0) is 22.3. The third-order valence-corrected chi connectivity index (χ3v) is 8.30. The van der Waals surface area contributed by atoms with E-state index in [2.05, 4.69) is 40.7 Å². The molecule has 0 aliphatic heterocycles. The predicted octanol–water partition coefficient (Wildman–Crippen LogP) is 7.54. The molecule has 0 aromatic rings. The van der Waals surface area contributed by atoms with Crippen molar-refractivity contribution in [2.24, 2.45) is 35.0 Å². The summed E-state index contributed by atoms with van der Waals surface area (Å²) >= 11 is 0. The van der Waals surface area contributed by atoms with Gasteiger partial charge in [-0.25, -0.2) is 0 Å². The monoisotopic (exact) mass is 413 g/mol. The van der Waals surface area contributed by atoms with Gasteiger partial charge in [0.2, 0.25) is 0 Å². The van der Waals surface area contributed by atoms with Gasteiger partial charge < -0.3 is 5.11 Å². The zero-order valence-corrected chi connectivity index (χ0v) is 19.9. The fraction of sp³-hybridized carbons (Fsp3) is 0.778. The number of carbonyl (C=O) groups is 1. The number of allylic oxidation sites excluding steroid dienone is 4. The van der Waals surface area contributed by atoms with Crippen molar-refractivity contribution >= 4 is 5.97 Å². The van der Waals surface area contributed by atoms with Gasteiger partial charge in [-0.3, -0.25) is 4.79 Å². The first-order chi connectivity index (χ1) is 14.2. The summed E-state index contributed by atoms with van der Waals surface area (Å²) in [5.41, 5.74) is 3.06. The van der Waals surface area contributed by atoms with Crippen molar-refractivity contribution in [2.45, 2.75) is 98.8 Å². The molecule has 3 nitrogen and oxygen atoms in total. The van der Waals surface area contributed by atoms with E-state index in [-0.39, 0.29) is 17.8 Å². The standard InChI is InChI=1S/C27H43NO2/c1-19(2)10-9-12-21(4)24-13-14-25-23(18-26(29)30)22(15-16-27(24,25)5)20(3)11-7-6-8-17-28/h6,8,19,21,23-25H,7,9-16,18H2,1-5H3,(H,29,30)/b8-6+,22-20+/t21?,23-,24-,25?,27?/m1/s1. The molecule has 0 spiro atoms. The lowest BCUT2D eigenvalue weighted by Gasteiger charge is -2.48. The summed E-state index contributed by atoms with van der Waals surface area (Å²) in [5, 5.41) is 18.4. The first-order valence-corrected chi connectivity index (χ1v) is 12.2. The predicted molar refractivity (Wildman–Crippen MR) is 124 cm³/mol. The van der Waals surface area contributed by atoms with E-state index < -0.39 is 5.97 Å². The number of carboxylic acids is 1. The van der Waals surface area contributed by atoms with E-state index in [9.17, 15) is 9.90 Å². The van der Waals surface area contributed by atoms with Crippen molar-refractivity contribution in [3.05, 3.63) is 23.3 Å². The van der Waals surface area contributed by atoms with Crippen molar-refractivity contribution in [1.29, 1.82) is 5.26 Å². The molecule has 2 rings (SSSR count). The Hall–Kier alpha value is -1.56. The number of carboxylic acid groups (broad SMARTS) is 1. The SMILES string of the molecule is C/C(CC/C=C/C#N)=C1/CCC2(C)C(CC[C@@H]2C(C)CCCC(C)C)[C@@H]1CC(=O)O. The summed E-state index contributed by atoms with van der Waals surface area (Å²) in [6.07, 6.45) is 14.2. The molecular weight excluding hydrogens is 370 g/mol. The van der Waals surface area contributed by atoms with Crippen LogP contribution in [0.2, 0.25) is 0 Å². The minimum Gasteiger partial charge on any atom is -0.481 e. The third kappa shape index (κ3) is 5.99. The summed E-state index contributed by atoms with van der Waals surface area (Å²) in [6.45, 7) is 11.7. The van der Waals surface area contributed by atoms with Gasteiger partial charge in [-0.1, -0.05) is 64.2 Å². The number of nitriles is 1. The fourth-order valence-corrected chi connectivity index (χ4v) is 6.72. The maximum atomic E-state index is 11.8. The largest absolute Gasteiger partial charge is 0.481 e.